The number of piperidine rings is 1. The molecular formula is C16H32N2O2. The van der Waals surface area contributed by atoms with Crippen molar-refractivity contribution >= 4 is 6.09 Å². The van der Waals surface area contributed by atoms with Gasteiger partial charge in [-0.15, -0.1) is 0 Å². The number of ether oxygens (including phenoxy) is 1. The average Bonchev–Trinajstić information content (AvgIpc) is 2.26. The van der Waals surface area contributed by atoms with Gasteiger partial charge in [-0.3, -0.25) is 4.90 Å². The number of alkyl carbamates (subject to hydrolysis) is 1. The Morgan fingerprint density at radius 3 is 2.50 bits per heavy atom. The minimum absolute atomic E-state index is 0.206. The highest BCUT2D eigenvalue weighted by atomic mass is 16.5. The zero-order valence-corrected chi connectivity index (χ0v) is 14.0. The summed E-state index contributed by atoms with van der Waals surface area (Å²) in [6.07, 6.45) is 1.97. The van der Waals surface area contributed by atoms with Crippen LogP contribution in [0.15, 0.2) is 0 Å². The molecule has 1 heterocycles. The molecule has 0 aliphatic carbocycles. The number of rotatable bonds is 4. The Morgan fingerprint density at radius 1 is 1.35 bits per heavy atom. The predicted molar refractivity (Wildman–Crippen MR) is 82.8 cm³/mol. The van der Waals surface area contributed by atoms with E-state index in [-0.39, 0.29) is 12.1 Å². The maximum absolute atomic E-state index is 11.6. The first-order chi connectivity index (χ1) is 9.21. The number of carbonyl (C=O) groups is 1. The fourth-order valence-electron chi connectivity index (χ4n) is 3.12. The van der Waals surface area contributed by atoms with Crippen molar-refractivity contribution in [2.24, 2.45) is 11.3 Å². The van der Waals surface area contributed by atoms with Crippen molar-refractivity contribution in [3.05, 3.63) is 0 Å². The maximum Gasteiger partial charge on any atom is 0.407 e. The third kappa shape index (κ3) is 6.12. The van der Waals surface area contributed by atoms with Crippen molar-refractivity contribution in [1.29, 1.82) is 0 Å². The van der Waals surface area contributed by atoms with Gasteiger partial charge in [0, 0.05) is 25.2 Å². The minimum Gasteiger partial charge on any atom is -0.450 e. The number of carbonyl (C=O) groups excluding carboxylic acids is 1. The van der Waals surface area contributed by atoms with Gasteiger partial charge in [0.15, 0.2) is 0 Å². The van der Waals surface area contributed by atoms with Crippen LogP contribution < -0.4 is 5.32 Å². The van der Waals surface area contributed by atoms with Gasteiger partial charge in [-0.2, -0.15) is 0 Å². The molecule has 0 bridgehead atoms. The average molecular weight is 284 g/mol. The van der Waals surface area contributed by atoms with Crippen molar-refractivity contribution < 1.29 is 9.53 Å². The summed E-state index contributed by atoms with van der Waals surface area (Å²) in [5.74, 6) is 0.637. The van der Waals surface area contributed by atoms with Crippen LogP contribution in [0.5, 0.6) is 0 Å². The van der Waals surface area contributed by atoms with E-state index in [9.17, 15) is 4.79 Å². The summed E-state index contributed by atoms with van der Waals surface area (Å²) < 4.78 is 5.01. The summed E-state index contributed by atoms with van der Waals surface area (Å²) in [5, 5.41) is 3.02. The zero-order chi connectivity index (χ0) is 15.3. The molecule has 0 radical (unpaired) electrons. The lowest BCUT2D eigenvalue weighted by Crippen LogP contribution is -2.53. The van der Waals surface area contributed by atoms with Gasteiger partial charge in [-0.05, 0) is 44.9 Å². The van der Waals surface area contributed by atoms with Crippen LogP contribution in [0, 0.1) is 11.3 Å². The fraction of sp³-hybridized carbons (Fsp3) is 0.938. The van der Waals surface area contributed by atoms with E-state index in [0.717, 1.165) is 19.5 Å². The number of hydrogen-bond donors (Lipinski definition) is 1. The molecule has 20 heavy (non-hydrogen) atoms. The van der Waals surface area contributed by atoms with Crippen LogP contribution in [0.25, 0.3) is 0 Å². The Kier molecular flexibility index (Phi) is 6.31. The maximum atomic E-state index is 11.6. The highest BCUT2D eigenvalue weighted by Crippen LogP contribution is 2.30. The first-order valence-electron chi connectivity index (χ1n) is 7.88. The Labute approximate surface area is 124 Å². The van der Waals surface area contributed by atoms with Crippen molar-refractivity contribution in [2.45, 2.75) is 66.5 Å². The Hall–Kier alpha value is -0.770. The second kappa shape index (κ2) is 7.30. The van der Waals surface area contributed by atoms with Gasteiger partial charge in [-0.1, -0.05) is 20.8 Å². The van der Waals surface area contributed by atoms with E-state index in [0.29, 0.717) is 24.0 Å². The van der Waals surface area contributed by atoms with Gasteiger partial charge in [0.05, 0.1) is 6.61 Å². The predicted octanol–water partition coefficient (Wildman–Crippen LogP) is 3.27. The van der Waals surface area contributed by atoms with Crippen molar-refractivity contribution in [2.75, 3.05) is 19.7 Å². The number of hydrogen-bond acceptors (Lipinski definition) is 3. The lowest BCUT2D eigenvalue weighted by Gasteiger charge is -2.41. The number of nitrogens with one attached hydrogen (secondary N) is 1. The highest BCUT2D eigenvalue weighted by molar-refractivity contribution is 5.67. The summed E-state index contributed by atoms with van der Waals surface area (Å²) in [6, 6.07) is 0.724. The molecule has 1 aliphatic rings. The van der Waals surface area contributed by atoms with Crippen LogP contribution in [0.3, 0.4) is 0 Å². The quantitative estimate of drug-likeness (QED) is 0.861. The van der Waals surface area contributed by atoms with E-state index in [1.54, 1.807) is 0 Å². The molecule has 0 spiro atoms. The third-order valence-corrected chi connectivity index (χ3v) is 3.79. The molecular weight excluding hydrogens is 252 g/mol. The standard InChI is InChI=1S/C16H32N2O2/c1-7-20-15(19)17-14-8-13(9-16(4,5)6)10-18(11-14)12(2)3/h12-14H,7-11H2,1-6H3,(H,17,19). The van der Waals surface area contributed by atoms with Gasteiger partial charge >= 0.3 is 6.09 Å². The van der Waals surface area contributed by atoms with Crippen LogP contribution in [-0.4, -0.2) is 42.8 Å². The number of amides is 1. The lowest BCUT2D eigenvalue weighted by atomic mass is 9.80. The molecule has 1 aliphatic heterocycles. The van der Waals surface area contributed by atoms with E-state index in [2.05, 4.69) is 44.8 Å². The van der Waals surface area contributed by atoms with Crippen LogP contribution in [-0.2, 0) is 4.74 Å². The van der Waals surface area contributed by atoms with Crippen molar-refractivity contribution in [3.63, 3.8) is 0 Å². The molecule has 2 unspecified atom stereocenters. The first kappa shape index (κ1) is 17.3. The molecule has 118 valence electrons. The molecule has 0 aromatic carbocycles. The monoisotopic (exact) mass is 284 g/mol. The molecule has 0 saturated carbocycles. The third-order valence-electron chi connectivity index (χ3n) is 3.79. The van der Waals surface area contributed by atoms with Gasteiger partial charge in [-0.25, -0.2) is 4.79 Å². The molecule has 4 nitrogen and oxygen atoms in total. The van der Waals surface area contributed by atoms with E-state index in [1.807, 2.05) is 6.92 Å². The number of likely N-dealkylation sites (tertiary alicyclic amines) is 1. The highest BCUT2D eigenvalue weighted by Gasteiger charge is 2.31. The molecule has 1 rings (SSSR count). The number of nitrogens with zero attached hydrogens (tertiary/aromatic N) is 1. The van der Waals surface area contributed by atoms with E-state index < -0.39 is 0 Å². The van der Waals surface area contributed by atoms with E-state index >= 15 is 0 Å². The van der Waals surface area contributed by atoms with E-state index in [1.165, 1.54) is 6.42 Å². The largest absolute Gasteiger partial charge is 0.450 e. The topological polar surface area (TPSA) is 41.6 Å². The molecule has 4 heteroatoms. The molecule has 1 saturated heterocycles. The van der Waals surface area contributed by atoms with E-state index in [4.69, 9.17) is 4.74 Å². The molecule has 1 amide bonds. The summed E-state index contributed by atoms with van der Waals surface area (Å²) in [4.78, 5) is 14.1. The fourth-order valence-corrected chi connectivity index (χ4v) is 3.12. The van der Waals surface area contributed by atoms with Gasteiger partial charge < -0.3 is 10.1 Å². The normalized spacial score (nSPS) is 24.8. The van der Waals surface area contributed by atoms with Gasteiger partial charge in [0.25, 0.3) is 0 Å². The van der Waals surface area contributed by atoms with Gasteiger partial charge in [0.2, 0.25) is 0 Å². The van der Waals surface area contributed by atoms with Crippen LogP contribution in [0.4, 0.5) is 4.79 Å². The van der Waals surface area contributed by atoms with Crippen molar-refractivity contribution in [1.82, 2.24) is 10.2 Å². The summed E-state index contributed by atoms with van der Waals surface area (Å²) in [5.41, 5.74) is 0.332. The van der Waals surface area contributed by atoms with Crippen LogP contribution in [0.1, 0.15) is 54.4 Å². The lowest BCUT2D eigenvalue weighted by molar-refractivity contribution is 0.0834. The van der Waals surface area contributed by atoms with Crippen LogP contribution in [0.2, 0.25) is 0 Å². The summed E-state index contributed by atoms with van der Waals surface area (Å²) >= 11 is 0. The second-order valence-corrected chi connectivity index (χ2v) is 7.48. The minimum atomic E-state index is -0.280. The van der Waals surface area contributed by atoms with Gasteiger partial charge in [0.1, 0.15) is 0 Å². The molecule has 2 atom stereocenters. The smallest absolute Gasteiger partial charge is 0.407 e. The summed E-state index contributed by atoms with van der Waals surface area (Å²) in [7, 11) is 0. The Bertz CT molecular complexity index is 310. The zero-order valence-electron chi connectivity index (χ0n) is 14.0. The first-order valence-corrected chi connectivity index (χ1v) is 7.88. The van der Waals surface area contributed by atoms with Crippen molar-refractivity contribution in [3.8, 4) is 0 Å². The molecule has 0 aromatic rings. The second-order valence-electron chi connectivity index (χ2n) is 7.48. The molecule has 0 aromatic heterocycles. The summed E-state index contributed by atoms with van der Waals surface area (Å²) in [6.45, 7) is 15.6. The van der Waals surface area contributed by atoms with Crippen LogP contribution >= 0.6 is 0 Å². The Morgan fingerprint density at radius 2 is 2.00 bits per heavy atom. The SMILES string of the molecule is CCOC(=O)NC1CC(CC(C)(C)C)CN(C(C)C)C1. The molecule has 1 N–H and O–H groups in total. The Balaban J connectivity index is 2.63. The molecule has 1 fully saturated rings.